The van der Waals surface area contributed by atoms with Crippen molar-refractivity contribution in [1.82, 2.24) is 0 Å². The number of hydrogen-bond donors (Lipinski definition) is 2. The van der Waals surface area contributed by atoms with Crippen molar-refractivity contribution in [3.8, 4) is 0 Å². The van der Waals surface area contributed by atoms with Gasteiger partial charge in [-0.05, 0) is 0 Å². The summed E-state index contributed by atoms with van der Waals surface area (Å²) >= 11 is 0. The highest BCUT2D eigenvalue weighted by Gasteiger charge is 2.09. The Hall–Kier alpha value is -0.660. The first kappa shape index (κ1) is 9.34. The van der Waals surface area contributed by atoms with Gasteiger partial charge in [0.25, 0.3) is 10.1 Å². The largest absolute Gasteiger partial charge is 0.343 e. The van der Waals surface area contributed by atoms with Crippen LogP contribution >= 0.6 is 0 Å². The Morgan fingerprint density at radius 1 is 1.50 bits per heavy atom. The topological polar surface area (TPSA) is 101 Å². The van der Waals surface area contributed by atoms with Gasteiger partial charge in [-0.3, -0.25) is 4.55 Å². The molecule has 0 unspecified atom stereocenters. The fourth-order valence-corrected chi connectivity index (χ4v) is 0.683. The second-order valence-electron chi connectivity index (χ2n) is 1.50. The third-order valence-corrected chi connectivity index (χ3v) is 1.39. The zero-order valence-electron chi connectivity index (χ0n) is 4.85. The van der Waals surface area contributed by atoms with Crippen molar-refractivity contribution < 1.29 is 27.9 Å². The van der Waals surface area contributed by atoms with Crippen LogP contribution in [-0.2, 0) is 19.8 Å². The summed E-state index contributed by atoms with van der Waals surface area (Å²) in [5, 5.41) is 7.61. The van der Waals surface area contributed by atoms with Crippen molar-refractivity contribution >= 4 is 16.1 Å². The molecule has 0 aromatic rings. The summed E-state index contributed by atoms with van der Waals surface area (Å²) in [6.45, 7) is 0. The average molecular weight is 170 g/mol. The number of carbonyl (C=O) groups excluding carboxylic acids is 1. The Bertz CT molecular complexity index is 203. The first-order valence-corrected chi connectivity index (χ1v) is 3.86. The summed E-state index contributed by atoms with van der Waals surface area (Å²) in [4.78, 5) is 13.1. The van der Waals surface area contributed by atoms with E-state index >= 15 is 0 Å². The summed E-state index contributed by atoms with van der Waals surface area (Å²) < 4.78 is 27.9. The van der Waals surface area contributed by atoms with E-state index in [0.29, 0.717) is 0 Å². The molecule has 0 saturated heterocycles. The van der Waals surface area contributed by atoms with Crippen molar-refractivity contribution in [2.45, 2.75) is 6.42 Å². The molecule has 0 bridgehead atoms. The lowest BCUT2D eigenvalue weighted by Crippen LogP contribution is -2.10. The summed E-state index contributed by atoms with van der Waals surface area (Å²) in [7, 11) is -4.14. The molecule has 0 aromatic heterocycles. The molecule has 0 aliphatic carbocycles. The monoisotopic (exact) mass is 170 g/mol. The summed E-state index contributed by atoms with van der Waals surface area (Å²) in [5.41, 5.74) is 0. The number of rotatable bonds is 3. The fourth-order valence-electron chi connectivity index (χ4n) is 0.258. The fraction of sp³-hybridized carbons (Fsp3) is 0.667. The van der Waals surface area contributed by atoms with E-state index in [1.807, 2.05) is 0 Å². The molecule has 0 aromatic carbocycles. The maximum Gasteiger partial charge on any atom is 0.343 e. The molecule has 0 atom stereocenters. The van der Waals surface area contributed by atoms with E-state index in [-0.39, 0.29) is 0 Å². The van der Waals surface area contributed by atoms with Crippen LogP contribution in [0.2, 0.25) is 0 Å². The minimum atomic E-state index is -4.14. The van der Waals surface area contributed by atoms with Gasteiger partial charge in [-0.2, -0.15) is 13.7 Å². The molecule has 0 heterocycles. The molecule has 10 heavy (non-hydrogen) atoms. The Balaban J connectivity index is 3.67. The molecule has 6 nitrogen and oxygen atoms in total. The molecule has 0 fully saturated rings. The molecule has 0 rings (SSSR count). The first-order valence-electron chi connectivity index (χ1n) is 2.25. The zero-order valence-corrected chi connectivity index (χ0v) is 5.67. The minimum Gasteiger partial charge on any atom is -0.301 e. The van der Waals surface area contributed by atoms with E-state index in [0.717, 1.165) is 0 Å². The Morgan fingerprint density at radius 2 is 2.00 bits per heavy atom. The van der Waals surface area contributed by atoms with E-state index in [1.54, 1.807) is 0 Å². The van der Waals surface area contributed by atoms with Crippen molar-refractivity contribution in [3.05, 3.63) is 0 Å². The molecule has 60 valence electrons. The molecule has 0 spiro atoms. The standard InChI is InChI=1S/C3H6O6S/c4-3(9-5)1-2-10(6,7)8/h5H,1-2H2,(H,6,7,8). The van der Waals surface area contributed by atoms with Crippen LogP contribution in [0.1, 0.15) is 6.42 Å². The van der Waals surface area contributed by atoms with Crippen molar-refractivity contribution in [2.75, 3.05) is 5.75 Å². The van der Waals surface area contributed by atoms with Gasteiger partial charge >= 0.3 is 5.97 Å². The van der Waals surface area contributed by atoms with Crippen molar-refractivity contribution in [1.29, 1.82) is 0 Å². The molecule has 0 amide bonds. The van der Waals surface area contributed by atoms with Gasteiger partial charge in [0.15, 0.2) is 0 Å². The van der Waals surface area contributed by atoms with Crippen LogP contribution in [0.15, 0.2) is 0 Å². The lowest BCUT2D eigenvalue weighted by molar-refractivity contribution is -0.233. The third-order valence-electron chi connectivity index (χ3n) is 0.666. The molecule has 0 radical (unpaired) electrons. The Labute approximate surface area is 57.1 Å². The highest BCUT2D eigenvalue weighted by molar-refractivity contribution is 7.85. The van der Waals surface area contributed by atoms with Crippen LogP contribution in [0.4, 0.5) is 0 Å². The minimum absolute atomic E-state index is 0.560. The van der Waals surface area contributed by atoms with E-state index in [4.69, 9.17) is 9.81 Å². The van der Waals surface area contributed by atoms with Gasteiger partial charge in [0, 0.05) is 0 Å². The van der Waals surface area contributed by atoms with Gasteiger partial charge in [-0.1, -0.05) is 0 Å². The molecule has 0 aliphatic rings. The molecule has 7 heteroatoms. The average Bonchev–Trinajstić information content (AvgIpc) is 1.81. The van der Waals surface area contributed by atoms with Crippen molar-refractivity contribution in [2.24, 2.45) is 0 Å². The number of carbonyl (C=O) groups is 1. The van der Waals surface area contributed by atoms with Crippen LogP contribution in [0, 0.1) is 0 Å². The Morgan fingerprint density at radius 3 is 2.30 bits per heavy atom. The lowest BCUT2D eigenvalue weighted by Gasteiger charge is -1.92. The Kier molecular flexibility index (Phi) is 3.26. The quantitative estimate of drug-likeness (QED) is 0.329. The van der Waals surface area contributed by atoms with Crippen LogP contribution in [0.5, 0.6) is 0 Å². The SMILES string of the molecule is O=C(CCS(=O)(=O)O)OO. The number of hydrogen-bond acceptors (Lipinski definition) is 5. The maximum atomic E-state index is 10.0. The molecule has 2 N–H and O–H groups in total. The zero-order chi connectivity index (χ0) is 8.20. The molecule has 0 aliphatic heterocycles. The summed E-state index contributed by atoms with van der Waals surface area (Å²) in [5.74, 6) is -1.84. The van der Waals surface area contributed by atoms with Crippen LogP contribution in [0.25, 0.3) is 0 Å². The normalized spacial score (nSPS) is 11.0. The first-order chi connectivity index (χ1) is 4.45. The highest BCUT2D eigenvalue weighted by Crippen LogP contribution is 1.89. The third kappa shape index (κ3) is 5.48. The van der Waals surface area contributed by atoms with Crippen LogP contribution in [0.3, 0.4) is 0 Å². The summed E-state index contributed by atoms with van der Waals surface area (Å²) in [6, 6.07) is 0. The van der Waals surface area contributed by atoms with Gasteiger partial charge < -0.3 is 4.89 Å². The van der Waals surface area contributed by atoms with Gasteiger partial charge in [0.1, 0.15) is 0 Å². The predicted molar refractivity (Wildman–Crippen MR) is 29.8 cm³/mol. The maximum absolute atomic E-state index is 10.0. The van der Waals surface area contributed by atoms with Gasteiger partial charge in [0.2, 0.25) is 0 Å². The van der Waals surface area contributed by atoms with E-state index in [1.165, 1.54) is 0 Å². The van der Waals surface area contributed by atoms with Gasteiger partial charge in [-0.25, -0.2) is 4.79 Å². The van der Waals surface area contributed by atoms with E-state index in [2.05, 4.69) is 4.89 Å². The second-order valence-corrected chi connectivity index (χ2v) is 3.07. The van der Waals surface area contributed by atoms with Crippen molar-refractivity contribution in [3.63, 3.8) is 0 Å². The molecular weight excluding hydrogens is 164 g/mol. The van der Waals surface area contributed by atoms with Crippen LogP contribution < -0.4 is 0 Å². The summed E-state index contributed by atoms with van der Waals surface area (Å²) in [6.07, 6.45) is -0.560. The second kappa shape index (κ2) is 3.49. The highest BCUT2D eigenvalue weighted by atomic mass is 32.2. The van der Waals surface area contributed by atoms with E-state index < -0.39 is 28.3 Å². The van der Waals surface area contributed by atoms with Crippen LogP contribution in [-0.4, -0.2) is 29.9 Å². The van der Waals surface area contributed by atoms with Gasteiger partial charge in [-0.15, -0.1) is 0 Å². The lowest BCUT2D eigenvalue weighted by atomic mass is 10.5. The molecular formula is C3H6O6S. The van der Waals surface area contributed by atoms with E-state index in [9.17, 15) is 13.2 Å². The smallest absolute Gasteiger partial charge is 0.301 e. The predicted octanol–water partition coefficient (Wildman–Crippen LogP) is -0.719. The van der Waals surface area contributed by atoms with Gasteiger partial charge in [0.05, 0.1) is 12.2 Å². The molecule has 0 saturated carbocycles.